The van der Waals surface area contributed by atoms with Crippen LogP contribution in [-0.4, -0.2) is 6.61 Å². The minimum atomic E-state index is -0.0205. The predicted molar refractivity (Wildman–Crippen MR) is 65.4 cm³/mol. The highest BCUT2D eigenvalue weighted by atomic mass is 16.5. The molecule has 0 spiro atoms. The van der Waals surface area contributed by atoms with E-state index in [1.54, 1.807) is 18.2 Å². The summed E-state index contributed by atoms with van der Waals surface area (Å²) in [7, 11) is 0. The van der Waals surface area contributed by atoms with Crippen LogP contribution in [0, 0.1) is 5.92 Å². The Kier molecular flexibility index (Phi) is 5.76. The lowest BCUT2D eigenvalue weighted by atomic mass is 10.0. The van der Waals surface area contributed by atoms with E-state index >= 15 is 0 Å². The molecule has 1 aromatic carbocycles. The third-order valence-electron chi connectivity index (χ3n) is 2.87. The lowest BCUT2D eigenvalue weighted by Gasteiger charge is -2.15. The number of benzene rings is 1. The largest absolute Gasteiger partial charge is 0.489 e. The van der Waals surface area contributed by atoms with Gasteiger partial charge in [-0.05, 0) is 24.5 Å². The number of para-hydroxylation sites is 2. The molecule has 0 heterocycles. The van der Waals surface area contributed by atoms with Crippen molar-refractivity contribution in [1.29, 1.82) is 0 Å². The Hall–Kier alpha value is -1.18. The van der Waals surface area contributed by atoms with Gasteiger partial charge in [0.15, 0.2) is 5.75 Å². The summed E-state index contributed by atoms with van der Waals surface area (Å²) in [5.41, 5.74) is 0. The Labute approximate surface area is 98.3 Å². The quantitative estimate of drug-likeness (QED) is 0.669. The minimum Gasteiger partial charge on any atom is -0.489 e. The van der Waals surface area contributed by atoms with Gasteiger partial charge in [-0.3, -0.25) is 5.11 Å². The van der Waals surface area contributed by atoms with E-state index in [-0.39, 0.29) is 5.75 Å². The molecule has 1 rings (SSSR count). The van der Waals surface area contributed by atoms with Crippen molar-refractivity contribution in [3.05, 3.63) is 24.3 Å². The molecule has 0 saturated carbocycles. The molecular formula is C14H21O2. The lowest BCUT2D eigenvalue weighted by molar-refractivity contribution is 0.218. The Bertz CT molecular complexity index is 297. The molecule has 16 heavy (non-hydrogen) atoms. The van der Waals surface area contributed by atoms with Crippen molar-refractivity contribution in [2.75, 3.05) is 6.61 Å². The van der Waals surface area contributed by atoms with Gasteiger partial charge in [0.2, 0.25) is 5.75 Å². The highest BCUT2D eigenvalue weighted by Gasteiger charge is 2.09. The van der Waals surface area contributed by atoms with Crippen LogP contribution >= 0.6 is 0 Å². The predicted octanol–water partition coefficient (Wildman–Crippen LogP) is 4.43. The third kappa shape index (κ3) is 4.13. The van der Waals surface area contributed by atoms with Gasteiger partial charge in [0.05, 0.1) is 6.61 Å². The maximum absolute atomic E-state index is 11.4. The number of ether oxygens (including phenoxy) is 1. The van der Waals surface area contributed by atoms with Gasteiger partial charge in [0.1, 0.15) is 0 Å². The summed E-state index contributed by atoms with van der Waals surface area (Å²) in [4.78, 5) is 0. The molecule has 0 aromatic heterocycles. The average molecular weight is 221 g/mol. The zero-order chi connectivity index (χ0) is 11.8. The van der Waals surface area contributed by atoms with Crippen LogP contribution in [-0.2, 0) is 5.11 Å². The van der Waals surface area contributed by atoms with E-state index < -0.39 is 0 Å². The molecule has 1 unspecified atom stereocenters. The third-order valence-corrected chi connectivity index (χ3v) is 2.87. The smallest absolute Gasteiger partial charge is 0.220 e. The summed E-state index contributed by atoms with van der Waals surface area (Å²) in [6.45, 7) is 5.03. The first-order valence-electron chi connectivity index (χ1n) is 6.16. The molecule has 0 N–H and O–H groups in total. The standard InChI is InChI=1S/C14H21O2/c1-3-5-8-12(4-2)11-16-14-10-7-6-9-13(14)15/h6-7,9-10,12H,3-5,8,11H2,1-2H3. The number of hydrogen-bond acceptors (Lipinski definition) is 1. The highest BCUT2D eigenvalue weighted by Crippen LogP contribution is 2.26. The second-order valence-electron chi connectivity index (χ2n) is 4.17. The molecule has 1 radical (unpaired) electrons. The monoisotopic (exact) mass is 221 g/mol. The van der Waals surface area contributed by atoms with Gasteiger partial charge in [-0.15, -0.1) is 0 Å². The summed E-state index contributed by atoms with van der Waals surface area (Å²) < 4.78 is 5.57. The summed E-state index contributed by atoms with van der Waals surface area (Å²) in [6.07, 6.45) is 4.75. The molecule has 0 amide bonds. The lowest BCUT2D eigenvalue weighted by Crippen LogP contribution is -2.11. The first-order valence-corrected chi connectivity index (χ1v) is 6.16. The fraction of sp³-hybridized carbons (Fsp3) is 0.571. The van der Waals surface area contributed by atoms with Crippen molar-refractivity contribution in [1.82, 2.24) is 0 Å². The molecule has 2 nitrogen and oxygen atoms in total. The summed E-state index contributed by atoms with van der Waals surface area (Å²) >= 11 is 0. The van der Waals surface area contributed by atoms with Gasteiger partial charge >= 0.3 is 0 Å². The van der Waals surface area contributed by atoms with Crippen molar-refractivity contribution in [2.24, 2.45) is 5.92 Å². The van der Waals surface area contributed by atoms with Crippen LogP contribution in [0.3, 0.4) is 0 Å². The van der Waals surface area contributed by atoms with E-state index in [0.717, 1.165) is 6.42 Å². The van der Waals surface area contributed by atoms with E-state index in [1.165, 1.54) is 19.3 Å². The summed E-state index contributed by atoms with van der Waals surface area (Å²) in [5.74, 6) is 1.03. The van der Waals surface area contributed by atoms with E-state index in [4.69, 9.17) is 4.74 Å². The number of unbranched alkanes of at least 4 members (excludes halogenated alkanes) is 1. The van der Waals surface area contributed by atoms with Crippen LogP contribution < -0.4 is 4.74 Å². The van der Waals surface area contributed by atoms with E-state index in [9.17, 15) is 5.11 Å². The fourth-order valence-corrected chi connectivity index (χ4v) is 1.68. The van der Waals surface area contributed by atoms with Crippen molar-refractivity contribution in [3.8, 4) is 11.5 Å². The van der Waals surface area contributed by atoms with Crippen LogP contribution in [0.4, 0.5) is 0 Å². The zero-order valence-corrected chi connectivity index (χ0v) is 10.2. The van der Waals surface area contributed by atoms with Gasteiger partial charge in [0.25, 0.3) is 0 Å². The van der Waals surface area contributed by atoms with Crippen LogP contribution in [0.1, 0.15) is 39.5 Å². The molecule has 1 atom stereocenters. The average Bonchev–Trinajstić information content (AvgIpc) is 2.31. The zero-order valence-electron chi connectivity index (χ0n) is 10.2. The first kappa shape index (κ1) is 12.9. The van der Waals surface area contributed by atoms with Crippen LogP contribution in [0.2, 0.25) is 0 Å². The molecule has 0 aliphatic heterocycles. The van der Waals surface area contributed by atoms with E-state index in [2.05, 4.69) is 13.8 Å². The molecule has 2 heteroatoms. The van der Waals surface area contributed by atoms with Crippen LogP contribution in [0.25, 0.3) is 0 Å². The number of hydrogen-bond donors (Lipinski definition) is 0. The van der Waals surface area contributed by atoms with Crippen LogP contribution in [0.5, 0.6) is 11.5 Å². The Morgan fingerprint density at radius 2 is 2.00 bits per heavy atom. The normalized spacial score (nSPS) is 12.4. The molecule has 0 bridgehead atoms. The second-order valence-corrected chi connectivity index (χ2v) is 4.17. The van der Waals surface area contributed by atoms with Gasteiger partial charge in [0, 0.05) is 0 Å². The van der Waals surface area contributed by atoms with Crippen molar-refractivity contribution < 1.29 is 9.84 Å². The molecule has 1 aromatic rings. The maximum atomic E-state index is 11.4. The molecule has 89 valence electrons. The molecule has 0 aliphatic carbocycles. The topological polar surface area (TPSA) is 29.1 Å². The van der Waals surface area contributed by atoms with Gasteiger partial charge < -0.3 is 4.74 Å². The SMILES string of the molecule is CCCCC(CC)COc1ccccc1[O]. The minimum absolute atomic E-state index is 0.0205. The first-order chi connectivity index (χ1) is 7.77. The van der Waals surface area contributed by atoms with Crippen LogP contribution in [0.15, 0.2) is 24.3 Å². The Morgan fingerprint density at radius 1 is 1.25 bits per heavy atom. The second kappa shape index (κ2) is 7.15. The highest BCUT2D eigenvalue weighted by molar-refractivity contribution is 5.37. The van der Waals surface area contributed by atoms with Crippen molar-refractivity contribution in [3.63, 3.8) is 0 Å². The van der Waals surface area contributed by atoms with Crippen molar-refractivity contribution in [2.45, 2.75) is 39.5 Å². The summed E-state index contributed by atoms with van der Waals surface area (Å²) in [5, 5.41) is 11.4. The Balaban J connectivity index is 2.40. The molecule has 0 saturated heterocycles. The van der Waals surface area contributed by atoms with Gasteiger partial charge in [-0.1, -0.05) is 45.2 Å². The molecule has 0 fully saturated rings. The van der Waals surface area contributed by atoms with E-state index in [0.29, 0.717) is 18.3 Å². The van der Waals surface area contributed by atoms with Gasteiger partial charge in [-0.25, -0.2) is 0 Å². The van der Waals surface area contributed by atoms with Gasteiger partial charge in [-0.2, -0.15) is 0 Å². The number of rotatable bonds is 7. The maximum Gasteiger partial charge on any atom is 0.220 e. The molecular weight excluding hydrogens is 200 g/mol. The molecule has 0 aliphatic rings. The summed E-state index contributed by atoms with van der Waals surface area (Å²) in [6, 6.07) is 6.87. The van der Waals surface area contributed by atoms with E-state index in [1.807, 2.05) is 6.07 Å². The van der Waals surface area contributed by atoms with Crippen molar-refractivity contribution >= 4 is 0 Å². The Morgan fingerprint density at radius 3 is 2.62 bits per heavy atom. The fourth-order valence-electron chi connectivity index (χ4n) is 1.68.